The first-order chi connectivity index (χ1) is 9.38. The van der Waals surface area contributed by atoms with E-state index in [2.05, 4.69) is 51.8 Å². The summed E-state index contributed by atoms with van der Waals surface area (Å²) in [5.41, 5.74) is 1.33. The summed E-state index contributed by atoms with van der Waals surface area (Å²) in [6, 6.07) is 8.44. The van der Waals surface area contributed by atoms with Crippen molar-refractivity contribution in [1.82, 2.24) is 15.2 Å². The van der Waals surface area contributed by atoms with E-state index in [1.54, 1.807) is 0 Å². The molecule has 0 aliphatic heterocycles. The molecule has 0 saturated heterocycles. The molecule has 0 spiro atoms. The fourth-order valence-corrected chi connectivity index (χ4v) is 2.63. The summed E-state index contributed by atoms with van der Waals surface area (Å²) in [4.78, 5) is 7.89. The standard InChI is InChI=1S/C15H21N3S/c1-2-18(13-14-5-7-16-8-6-14)10-9-17-12-15-4-3-11-19-15/h3-8,11,17H,2,9-10,12-13H2,1H3. The zero-order chi connectivity index (χ0) is 13.3. The van der Waals surface area contributed by atoms with Gasteiger partial charge in [0, 0.05) is 43.4 Å². The molecule has 0 amide bonds. The molecule has 2 rings (SSSR count). The Balaban J connectivity index is 1.68. The van der Waals surface area contributed by atoms with Gasteiger partial charge in [0.15, 0.2) is 0 Å². The van der Waals surface area contributed by atoms with Gasteiger partial charge in [-0.05, 0) is 35.7 Å². The van der Waals surface area contributed by atoms with Crippen LogP contribution in [0.1, 0.15) is 17.4 Å². The Morgan fingerprint density at radius 3 is 2.79 bits per heavy atom. The van der Waals surface area contributed by atoms with Crippen LogP contribution in [0.5, 0.6) is 0 Å². The molecule has 0 saturated carbocycles. The molecule has 0 radical (unpaired) electrons. The molecule has 0 aromatic carbocycles. The lowest BCUT2D eigenvalue weighted by atomic mass is 10.2. The largest absolute Gasteiger partial charge is 0.311 e. The van der Waals surface area contributed by atoms with E-state index in [4.69, 9.17) is 0 Å². The van der Waals surface area contributed by atoms with Crippen LogP contribution >= 0.6 is 11.3 Å². The van der Waals surface area contributed by atoms with E-state index in [0.29, 0.717) is 0 Å². The summed E-state index contributed by atoms with van der Waals surface area (Å²) in [6.45, 7) is 7.36. The fourth-order valence-electron chi connectivity index (χ4n) is 1.96. The zero-order valence-corrected chi connectivity index (χ0v) is 12.2. The number of thiophene rings is 1. The first-order valence-corrected chi connectivity index (χ1v) is 7.61. The van der Waals surface area contributed by atoms with E-state index in [-0.39, 0.29) is 0 Å². The Morgan fingerprint density at radius 2 is 2.11 bits per heavy atom. The highest BCUT2D eigenvalue weighted by Gasteiger charge is 2.03. The minimum Gasteiger partial charge on any atom is -0.311 e. The lowest BCUT2D eigenvalue weighted by molar-refractivity contribution is 0.279. The van der Waals surface area contributed by atoms with Crippen LogP contribution in [0.3, 0.4) is 0 Å². The molecular formula is C15H21N3S. The predicted octanol–water partition coefficient (Wildman–Crippen LogP) is 2.75. The van der Waals surface area contributed by atoms with E-state index >= 15 is 0 Å². The smallest absolute Gasteiger partial charge is 0.0300 e. The van der Waals surface area contributed by atoms with Crippen LogP contribution in [0.15, 0.2) is 42.0 Å². The monoisotopic (exact) mass is 275 g/mol. The molecule has 102 valence electrons. The predicted molar refractivity (Wildman–Crippen MR) is 81.2 cm³/mol. The third-order valence-corrected chi connectivity index (χ3v) is 3.96. The summed E-state index contributed by atoms with van der Waals surface area (Å²) in [5, 5.41) is 5.62. The van der Waals surface area contributed by atoms with Gasteiger partial charge in [-0.2, -0.15) is 0 Å². The summed E-state index contributed by atoms with van der Waals surface area (Å²) >= 11 is 1.81. The third kappa shape index (κ3) is 5.11. The van der Waals surface area contributed by atoms with Crippen molar-refractivity contribution in [2.24, 2.45) is 0 Å². The third-order valence-electron chi connectivity index (χ3n) is 3.09. The molecule has 4 heteroatoms. The second-order valence-electron chi connectivity index (χ2n) is 4.48. The van der Waals surface area contributed by atoms with Gasteiger partial charge in [0.05, 0.1) is 0 Å². The van der Waals surface area contributed by atoms with E-state index in [0.717, 1.165) is 32.7 Å². The van der Waals surface area contributed by atoms with Crippen molar-refractivity contribution in [2.75, 3.05) is 19.6 Å². The minimum absolute atomic E-state index is 0.977. The maximum atomic E-state index is 4.05. The van der Waals surface area contributed by atoms with Crippen molar-refractivity contribution < 1.29 is 0 Å². The van der Waals surface area contributed by atoms with E-state index in [9.17, 15) is 0 Å². The summed E-state index contributed by atoms with van der Waals surface area (Å²) in [6.07, 6.45) is 3.72. The molecule has 2 aromatic heterocycles. The summed E-state index contributed by atoms with van der Waals surface area (Å²) in [7, 11) is 0. The van der Waals surface area contributed by atoms with E-state index in [1.807, 2.05) is 23.7 Å². The lowest BCUT2D eigenvalue weighted by Gasteiger charge is -2.20. The van der Waals surface area contributed by atoms with Gasteiger partial charge >= 0.3 is 0 Å². The van der Waals surface area contributed by atoms with Gasteiger partial charge < -0.3 is 5.32 Å². The Morgan fingerprint density at radius 1 is 1.26 bits per heavy atom. The Hall–Kier alpha value is -1.23. The van der Waals surface area contributed by atoms with Crippen molar-refractivity contribution in [2.45, 2.75) is 20.0 Å². The Bertz CT molecular complexity index is 442. The van der Waals surface area contributed by atoms with Gasteiger partial charge in [0.25, 0.3) is 0 Å². The minimum atomic E-state index is 0.977. The number of hydrogen-bond donors (Lipinski definition) is 1. The quantitative estimate of drug-likeness (QED) is 0.751. The highest BCUT2D eigenvalue weighted by Crippen LogP contribution is 2.07. The fraction of sp³-hybridized carbons (Fsp3) is 0.400. The van der Waals surface area contributed by atoms with Crippen molar-refractivity contribution in [3.05, 3.63) is 52.5 Å². The van der Waals surface area contributed by atoms with Gasteiger partial charge in [-0.25, -0.2) is 0 Å². The second kappa shape index (κ2) is 8.04. The van der Waals surface area contributed by atoms with Crippen molar-refractivity contribution >= 4 is 11.3 Å². The van der Waals surface area contributed by atoms with Gasteiger partial charge in [0.2, 0.25) is 0 Å². The number of rotatable bonds is 8. The molecule has 0 fully saturated rings. The number of likely N-dealkylation sites (N-methyl/N-ethyl adjacent to an activating group) is 1. The van der Waals surface area contributed by atoms with Gasteiger partial charge in [-0.15, -0.1) is 11.3 Å². The molecule has 3 nitrogen and oxygen atoms in total. The highest BCUT2D eigenvalue weighted by molar-refractivity contribution is 7.09. The van der Waals surface area contributed by atoms with Crippen LogP contribution in [-0.2, 0) is 13.1 Å². The molecule has 0 aliphatic rings. The maximum Gasteiger partial charge on any atom is 0.0300 e. The molecule has 2 heterocycles. The number of hydrogen-bond acceptors (Lipinski definition) is 4. The molecule has 2 aromatic rings. The van der Waals surface area contributed by atoms with Crippen LogP contribution in [0.2, 0.25) is 0 Å². The lowest BCUT2D eigenvalue weighted by Crippen LogP contribution is -2.31. The maximum absolute atomic E-state index is 4.05. The van der Waals surface area contributed by atoms with Crippen LogP contribution in [0, 0.1) is 0 Å². The van der Waals surface area contributed by atoms with Crippen LogP contribution in [-0.4, -0.2) is 29.5 Å². The summed E-state index contributed by atoms with van der Waals surface area (Å²) in [5.74, 6) is 0. The van der Waals surface area contributed by atoms with E-state index in [1.165, 1.54) is 10.4 Å². The van der Waals surface area contributed by atoms with Crippen molar-refractivity contribution in [3.63, 3.8) is 0 Å². The van der Waals surface area contributed by atoms with Crippen LogP contribution < -0.4 is 5.32 Å². The Kier molecular flexibility index (Phi) is 6.01. The first kappa shape index (κ1) is 14.2. The topological polar surface area (TPSA) is 28.2 Å². The summed E-state index contributed by atoms with van der Waals surface area (Å²) < 4.78 is 0. The van der Waals surface area contributed by atoms with Crippen molar-refractivity contribution in [3.8, 4) is 0 Å². The van der Waals surface area contributed by atoms with Gasteiger partial charge in [-0.3, -0.25) is 9.88 Å². The molecule has 0 atom stereocenters. The number of nitrogens with zero attached hydrogens (tertiary/aromatic N) is 2. The molecular weight excluding hydrogens is 254 g/mol. The molecule has 0 aliphatic carbocycles. The highest BCUT2D eigenvalue weighted by atomic mass is 32.1. The first-order valence-electron chi connectivity index (χ1n) is 6.73. The zero-order valence-electron chi connectivity index (χ0n) is 11.4. The van der Waals surface area contributed by atoms with Crippen LogP contribution in [0.25, 0.3) is 0 Å². The number of pyridine rings is 1. The number of aromatic nitrogens is 1. The van der Waals surface area contributed by atoms with Crippen molar-refractivity contribution in [1.29, 1.82) is 0 Å². The molecule has 19 heavy (non-hydrogen) atoms. The average Bonchev–Trinajstić information content (AvgIpc) is 2.96. The normalized spacial score (nSPS) is 11.1. The second-order valence-corrected chi connectivity index (χ2v) is 5.51. The average molecular weight is 275 g/mol. The van der Waals surface area contributed by atoms with Gasteiger partial charge in [-0.1, -0.05) is 13.0 Å². The number of nitrogens with one attached hydrogen (secondary N) is 1. The molecule has 0 bridgehead atoms. The molecule has 1 N–H and O–H groups in total. The Labute approximate surface area is 119 Å². The van der Waals surface area contributed by atoms with Gasteiger partial charge in [0.1, 0.15) is 0 Å². The van der Waals surface area contributed by atoms with Crippen LogP contribution in [0.4, 0.5) is 0 Å². The SMILES string of the molecule is CCN(CCNCc1cccs1)Cc1ccncc1. The van der Waals surface area contributed by atoms with E-state index < -0.39 is 0 Å². The molecule has 0 unspecified atom stereocenters.